The molecule has 0 aliphatic carbocycles. The van der Waals surface area contributed by atoms with Crippen LogP contribution in [0.25, 0.3) is 0 Å². The summed E-state index contributed by atoms with van der Waals surface area (Å²) in [6.07, 6.45) is -0.430. The fraction of sp³-hybridized carbons (Fsp3) is 0.316. The molecule has 1 saturated heterocycles. The van der Waals surface area contributed by atoms with Gasteiger partial charge < -0.3 is 4.74 Å². The summed E-state index contributed by atoms with van der Waals surface area (Å²) in [7, 11) is -8.08. The van der Waals surface area contributed by atoms with Crippen molar-refractivity contribution in [1.82, 2.24) is 5.32 Å². The van der Waals surface area contributed by atoms with Gasteiger partial charge in [0.05, 0.1) is 21.6 Å². The van der Waals surface area contributed by atoms with E-state index >= 15 is 0 Å². The molecule has 1 aliphatic heterocycles. The van der Waals surface area contributed by atoms with Gasteiger partial charge in [-0.1, -0.05) is 36.4 Å². The summed E-state index contributed by atoms with van der Waals surface area (Å²) in [6, 6.07) is 15.3. The second-order valence-corrected chi connectivity index (χ2v) is 10.8. The van der Waals surface area contributed by atoms with Crippen molar-refractivity contribution in [3.05, 3.63) is 60.7 Å². The van der Waals surface area contributed by atoms with E-state index in [1.54, 1.807) is 43.3 Å². The quantitative estimate of drug-likeness (QED) is 0.703. The summed E-state index contributed by atoms with van der Waals surface area (Å²) in [6.45, 7) is 1.36. The standard InChI is InChI=1S/C19H21NO6S2/c1-2-26-18(21)19(28(24,25)16-11-7-4-8-12-16)13-17(14-20-19)27(22,23)15-9-5-3-6-10-15/h3-12,17,20H,2,13-14H2,1H3/t17?,19-/m0/s1. The second kappa shape index (κ2) is 7.65. The number of esters is 1. The van der Waals surface area contributed by atoms with E-state index in [-0.39, 0.29) is 22.9 Å². The molecule has 0 saturated carbocycles. The third-order valence-electron chi connectivity index (χ3n) is 4.76. The Balaban J connectivity index is 2.06. The molecule has 2 aromatic rings. The van der Waals surface area contributed by atoms with Gasteiger partial charge in [0.15, 0.2) is 9.84 Å². The van der Waals surface area contributed by atoms with Crippen LogP contribution in [0, 0.1) is 0 Å². The number of ether oxygens (including phenoxy) is 1. The predicted molar refractivity (Wildman–Crippen MR) is 103 cm³/mol. The van der Waals surface area contributed by atoms with Gasteiger partial charge in [0.25, 0.3) is 0 Å². The minimum atomic E-state index is -4.25. The highest BCUT2D eigenvalue weighted by molar-refractivity contribution is 7.94. The first-order chi connectivity index (χ1) is 13.3. The van der Waals surface area contributed by atoms with Crippen molar-refractivity contribution in [2.24, 2.45) is 0 Å². The molecule has 9 heteroatoms. The van der Waals surface area contributed by atoms with Gasteiger partial charge in [-0.05, 0) is 31.2 Å². The molecule has 1 heterocycles. The molecular formula is C19H21NO6S2. The summed E-state index contributed by atoms with van der Waals surface area (Å²) in [5.74, 6) is -0.996. The van der Waals surface area contributed by atoms with E-state index in [0.29, 0.717) is 0 Å². The summed E-state index contributed by atoms with van der Waals surface area (Å²) < 4.78 is 57.6. The van der Waals surface area contributed by atoms with Crippen molar-refractivity contribution in [1.29, 1.82) is 0 Å². The molecular weight excluding hydrogens is 402 g/mol. The van der Waals surface area contributed by atoms with Gasteiger partial charge in [-0.15, -0.1) is 0 Å². The van der Waals surface area contributed by atoms with Crippen LogP contribution in [0.5, 0.6) is 0 Å². The van der Waals surface area contributed by atoms with E-state index in [2.05, 4.69) is 5.32 Å². The first kappa shape index (κ1) is 20.5. The monoisotopic (exact) mass is 423 g/mol. The fourth-order valence-corrected chi connectivity index (χ4v) is 6.97. The van der Waals surface area contributed by atoms with Crippen molar-refractivity contribution in [3.8, 4) is 0 Å². The Morgan fingerprint density at radius 2 is 1.54 bits per heavy atom. The summed E-state index contributed by atoms with van der Waals surface area (Å²) in [5.41, 5.74) is 0. The third kappa shape index (κ3) is 3.34. The SMILES string of the molecule is CCOC(=O)[C@@]1(S(=O)(=O)c2ccccc2)CC(S(=O)(=O)c2ccccc2)CN1. The summed E-state index contributed by atoms with van der Waals surface area (Å²) in [5, 5.41) is 1.59. The average molecular weight is 424 g/mol. The highest BCUT2D eigenvalue weighted by Gasteiger charge is 2.59. The van der Waals surface area contributed by atoms with Crippen molar-refractivity contribution >= 4 is 25.6 Å². The van der Waals surface area contributed by atoms with E-state index in [1.807, 2.05) is 0 Å². The smallest absolute Gasteiger partial charge is 0.342 e. The molecule has 7 nitrogen and oxygen atoms in total. The molecule has 2 aromatic carbocycles. The zero-order chi connectivity index (χ0) is 20.4. The number of hydrogen-bond acceptors (Lipinski definition) is 7. The molecule has 1 fully saturated rings. The Hall–Kier alpha value is -2.23. The number of sulfone groups is 2. The fourth-order valence-electron chi connectivity index (χ4n) is 3.28. The van der Waals surface area contributed by atoms with Crippen molar-refractivity contribution in [3.63, 3.8) is 0 Å². The van der Waals surface area contributed by atoms with Crippen molar-refractivity contribution in [2.75, 3.05) is 13.2 Å². The van der Waals surface area contributed by atoms with E-state index in [9.17, 15) is 21.6 Å². The van der Waals surface area contributed by atoms with Crippen LogP contribution < -0.4 is 5.32 Å². The molecule has 1 aliphatic rings. The van der Waals surface area contributed by atoms with Crippen LogP contribution in [0.3, 0.4) is 0 Å². The predicted octanol–water partition coefficient (Wildman–Crippen LogP) is 1.56. The number of hydrogen-bond donors (Lipinski definition) is 1. The van der Waals surface area contributed by atoms with Gasteiger partial charge in [-0.3, -0.25) is 5.32 Å². The van der Waals surface area contributed by atoms with Gasteiger partial charge in [0, 0.05) is 13.0 Å². The molecule has 1 N–H and O–H groups in total. The lowest BCUT2D eigenvalue weighted by Crippen LogP contribution is -2.55. The van der Waals surface area contributed by atoms with Crippen LogP contribution in [-0.4, -0.2) is 46.1 Å². The lowest BCUT2D eigenvalue weighted by Gasteiger charge is -2.27. The summed E-state index contributed by atoms with van der Waals surface area (Å²) in [4.78, 5) is 10.6. The van der Waals surface area contributed by atoms with Gasteiger partial charge in [-0.2, -0.15) is 0 Å². The molecule has 1 unspecified atom stereocenters. The largest absolute Gasteiger partial charge is 0.464 e. The zero-order valence-electron chi connectivity index (χ0n) is 15.2. The maximum absolute atomic E-state index is 13.3. The van der Waals surface area contributed by atoms with Crippen LogP contribution in [0.1, 0.15) is 13.3 Å². The van der Waals surface area contributed by atoms with Crippen LogP contribution in [0.4, 0.5) is 0 Å². The summed E-state index contributed by atoms with van der Waals surface area (Å²) >= 11 is 0. The maximum Gasteiger partial charge on any atom is 0.342 e. The van der Waals surface area contributed by atoms with Crippen molar-refractivity contribution in [2.45, 2.75) is 33.3 Å². The number of nitrogens with one attached hydrogen (secondary N) is 1. The molecule has 3 rings (SSSR count). The molecule has 0 radical (unpaired) electrons. The van der Waals surface area contributed by atoms with Gasteiger partial charge in [-0.25, -0.2) is 21.6 Å². The zero-order valence-corrected chi connectivity index (χ0v) is 16.9. The molecule has 28 heavy (non-hydrogen) atoms. The van der Waals surface area contributed by atoms with Crippen LogP contribution in [0.2, 0.25) is 0 Å². The molecule has 0 spiro atoms. The van der Waals surface area contributed by atoms with E-state index in [4.69, 9.17) is 4.74 Å². The van der Waals surface area contributed by atoms with E-state index < -0.39 is 42.2 Å². The van der Waals surface area contributed by atoms with Gasteiger partial charge in [0.2, 0.25) is 14.7 Å². The van der Waals surface area contributed by atoms with Crippen LogP contribution in [0.15, 0.2) is 70.5 Å². The highest BCUT2D eigenvalue weighted by atomic mass is 32.2. The topological polar surface area (TPSA) is 107 Å². The lowest BCUT2D eigenvalue weighted by atomic mass is 10.2. The van der Waals surface area contributed by atoms with Crippen LogP contribution in [-0.2, 0) is 29.2 Å². The van der Waals surface area contributed by atoms with Gasteiger partial charge >= 0.3 is 5.97 Å². The Morgan fingerprint density at radius 1 is 1.00 bits per heavy atom. The minimum absolute atomic E-state index is 0.0251. The molecule has 150 valence electrons. The minimum Gasteiger partial charge on any atom is -0.464 e. The maximum atomic E-state index is 13.3. The first-order valence-electron chi connectivity index (χ1n) is 8.76. The highest BCUT2D eigenvalue weighted by Crippen LogP contribution is 2.36. The van der Waals surface area contributed by atoms with Gasteiger partial charge in [0.1, 0.15) is 0 Å². The molecule has 0 aromatic heterocycles. The average Bonchev–Trinajstić information content (AvgIpc) is 3.18. The Labute approximate surface area is 164 Å². The third-order valence-corrected chi connectivity index (χ3v) is 9.19. The molecule has 0 bridgehead atoms. The Bertz CT molecular complexity index is 1050. The Kier molecular flexibility index (Phi) is 5.60. The number of benzene rings is 2. The lowest BCUT2D eigenvalue weighted by molar-refractivity contribution is -0.146. The van der Waals surface area contributed by atoms with E-state index in [0.717, 1.165) is 0 Å². The van der Waals surface area contributed by atoms with E-state index in [1.165, 1.54) is 24.3 Å². The number of rotatable bonds is 6. The normalized spacial score (nSPS) is 22.7. The molecule has 2 atom stereocenters. The number of carbonyl (C=O) groups is 1. The van der Waals surface area contributed by atoms with Crippen molar-refractivity contribution < 1.29 is 26.4 Å². The molecule has 0 amide bonds. The van der Waals surface area contributed by atoms with Crippen LogP contribution >= 0.6 is 0 Å². The first-order valence-corrected chi connectivity index (χ1v) is 11.8. The Morgan fingerprint density at radius 3 is 2.07 bits per heavy atom. The number of carbonyl (C=O) groups excluding carboxylic acids is 1. The second-order valence-electron chi connectivity index (χ2n) is 6.43.